The normalized spacial score (nSPS) is 24.6. The van der Waals surface area contributed by atoms with E-state index in [-0.39, 0.29) is 12.1 Å². The summed E-state index contributed by atoms with van der Waals surface area (Å²) in [5.41, 5.74) is 6.02. The predicted octanol–water partition coefficient (Wildman–Crippen LogP) is 1.97. The molecule has 0 spiro atoms. The van der Waals surface area contributed by atoms with E-state index in [0.29, 0.717) is 17.6 Å². The van der Waals surface area contributed by atoms with Gasteiger partial charge in [-0.2, -0.15) is 4.98 Å². The average Bonchev–Trinajstić information content (AvgIpc) is 2.96. The van der Waals surface area contributed by atoms with Gasteiger partial charge in [0.25, 0.3) is 0 Å². The second kappa shape index (κ2) is 4.93. The summed E-state index contributed by atoms with van der Waals surface area (Å²) in [6, 6.07) is -0.173. The van der Waals surface area contributed by atoms with Crippen molar-refractivity contribution in [2.24, 2.45) is 11.7 Å². The molecule has 1 saturated heterocycles. The molecule has 1 fully saturated rings. The van der Waals surface area contributed by atoms with Gasteiger partial charge in [-0.25, -0.2) is 0 Å². The maximum Gasteiger partial charge on any atom is 0.243 e. The van der Waals surface area contributed by atoms with Crippen LogP contribution in [0, 0.1) is 5.92 Å². The van der Waals surface area contributed by atoms with Gasteiger partial charge in [0.1, 0.15) is 6.10 Å². The van der Waals surface area contributed by atoms with Crippen molar-refractivity contribution in [3.05, 3.63) is 11.7 Å². The van der Waals surface area contributed by atoms with Gasteiger partial charge in [0.05, 0.1) is 6.04 Å². The second-order valence-electron chi connectivity index (χ2n) is 4.40. The SMILES string of the molecule is CC[C@H](C)[C@H](N)c1nc(C2CCCO2)no1. The van der Waals surface area contributed by atoms with Crippen molar-refractivity contribution in [3.8, 4) is 0 Å². The molecule has 0 aromatic carbocycles. The van der Waals surface area contributed by atoms with E-state index in [2.05, 4.69) is 24.0 Å². The summed E-state index contributed by atoms with van der Waals surface area (Å²) < 4.78 is 10.7. The minimum absolute atomic E-state index is 0.00151. The Morgan fingerprint density at radius 2 is 2.38 bits per heavy atom. The highest BCUT2D eigenvalue weighted by Crippen LogP contribution is 2.28. The Balaban J connectivity index is 2.06. The van der Waals surface area contributed by atoms with Crippen molar-refractivity contribution in [2.45, 2.75) is 45.3 Å². The highest BCUT2D eigenvalue weighted by atomic mass is 16.5. The number of nitrogens with zero attached hydrogens (tertiary/aromatic N) is 2. The van der Waals surface area contributed by atoms with Crippen molar-refractivity contribution < 1.29 is 9.26 Å². The number of ether oxygens (including phenoxy) is 1. The van der Waals surface area contributed by atoms with Gasteiger partial charge in [0.15, 0.2) is 0 Å². The predicted molar refractivity (Wildman–Crippen MR) is 58.6 cm³/mol. The van der Waals surface area contributed by atoms with E-state index < -0.39 is 0 Å². The number of hydrogen-bond donors (Lipinski definition) is 1. The Kier molecular flexibility index (Phi) is 3.56. The summed E-state index contributed by atoms with van der Waals surface area (Å²) in [5.74, 6) is 1.52. The molecule has 3 atom stereocenters. The zero-order valence-corrected chi connectivity index (χ0v) is 9.85. The molecule has 1 unspecified atom stereocenters. The summed E-state index contributed by atoms with van der Waals surface area (Å²) in [5, 5.41) is 3.94. The van der Waals surface area contributed by atoms with Crippen molar-refractivity contribution in [3.63, 3.8) is 0 Å². The Bertz CT molecular complexity index is 334. The molecule has 0 aliphatic carbocycles. The Morgan fingerprint density at radius 3 is 3.00 bits per heavy atom. The molecule has 16 heavy (non-hydrogen) atoms. The van der Waals surface area contributed by atoms with Crippen LogP contribution in [0.3, 0.4) is 0 Å². The smallest absolute Gasteiger partial charge is 0.243 e. The number of hydrogen-bond acceptors (Lipinski definition) is 5. The fraction of sp³-hybridized carbons (Fsp3) is 0.818. The maximum atomic E-state index is 6.02. The molecule has 0 amide bonds. The summed E-state index contributed by atoms with van der Waals surface area (Å²) in [4.78, 5) is 4.33. The van der Waals surface area contributed by atoms with Crippen molar-refractivity contribution in [1.29, 1.82) is 0 Å². The first-order chi connectivity index (χ1) is 7.72. The molecule has 90 valence electrons. The van der Waals surface area contributed by atoms with Crippen LogP contribution in [0.15, 0.2) is 4.52 Å². The average molecular weight is 225 g/mol. The molecule has 2 heterocycles. The third-order valence-electron chi connectivity index (χ3n) is 3.22. The lowest BCUT2D eigenvalue weighted by atomic mass is 10.0. The van der Waals surface area contributed by atoms with Crippen LogP contribution in [-0.2, 0) is 4.74 Å². The van der Waals surface area contributed by atoms with Gasteiger partial charge in [-0.3, -0.25) is 0 Å². The van der Waals surface area contributed by atoms with Crippen molar-refractivity contribution in [2.75, 3.05) is 6.61 Å². The van der Waals surface area contributed by atoms with E-state index in [9.17, 15) is 0 Å². The molecule has 1 aromatic heterocycles. The first-order valence-corrected chi connectivity index (χ1v) is 5.93. The largest absolute Gasteiger partial charge is 0.370 e. The number of rotatable bonds is 4. The molecule has 5 heteroatoms. The van der Waals surface area contributed by atoms with E-state index in [0.717, 1.165) is 25.9 Å². The molecule has 2 N–H and O–H groups in total. The first-order valence-electron chi connectivity index (χ1n) is 5.93. The van der Waals surface area contributed by atoms with Gasteiger partial charge < -0.3 is 15.0 Å². The third-order valence-corrected chi connectivity index (χ3v) is 3.22. The third kappa shape index (κ3) is 2.25. The van der Waals surface area contributed by atoms with Crippen molar-refractivity contribution >= 4 is 0 Å². The summed E-state index contributed by atoms with van der Waals surface area (Å²) >= 11 is 0. The first kappa shape index (κ1) is 11.5. The molecule has 0 saturated carbocycles. The zero-order chi connectivity index (χ0) is 11.5. The number of nitrogens with two attached hydrogens (primary N) is 1. The quantitative estimate of drug-likeness (QED) is 0.847. The van der Waals surface area contributed by atoms with Crippen molar-refractivity contribution in [1.82, 2.24) is 10.1 Å². The highest BCUT2D eigenvalue weighted by molar-refractivity contribution is 4.97. The molecular formula is C11H19N3O2. The number of aromatic nitrogens is 2. The van der Waals surface area contributed by atoms with Gasteiger partial charge in [0.2, 0.25) is 11.7 Å². The minimum atomic E-state index is -0.173. The lowest BCUT2D eigenvalue weighted by Gasteiger charge is -2.13. The van der Waals surface area contributed by atoms with Gasteiger partial charge in [-0.1, -0.05) is 25.4 Å². The zero-order valence-electron chi connectivity index (χ0n) is 9.85. The maximum absolute atomic E-state index is 6.02. The monoisotopic (exact) mass is 225 g/mol. The topological polar surface area (TPSA) is 74.2 Å². The van der Waals surface area contributed by atoms with Crippen LogP contribution < -0.4 is 5.73 Å². The van der Waals surface area contributed by atoms with Crippen LogP contribution in [0.1, 0.15) is 57.0 Å². The minimum Gasteiger partial charge on any atom is -0.370 e. The van der Waals surface area contributed by atoms with E-state index in [1.54, 1.807) is 0 Å². The molecule has 0 bridgehead atoms. The molecule has 2 rings (SSSR count). The molecule has 0 radical (unpaired) electrons. The lowest BCUT2D eigenvalue weighted by molar-refractivity contribution is 0.103. The molecule has 1 aromatic rings. The molecule has 1 aliphatic heterocycles. The van der Waals surface area contributed by atoms with E-state index in [1.807, 2.05) is 0 Å². The van der Waals surface area contributed by atoms with Crippen LogP contribution in [0.5, 0.6) is 0 Å². The van der Waals surface area contributed by atoms with Gasteiger partial charge >= 0.3 is 0 Å². The summed E-state index contributed by atoms with van der Waals surface area (Å²) in [6.07, 6.45) is 3.03. The molecular weight excluding hydrogens is 206 g/mol. The molecule has 5 nitrogen and oxygen atoms in total. The molecule has 1 aliphatic rings. The summed E-state index contributed by atoms with van der Waals surface area (Å²) in [6.45, 7) is 4.97. The standard InChI is InChI=1S/C11H19N3O2/c1-3-7(2)9(12)11-13-10(14-16-11)8-5-4-6-15-8/h7-9H,3-6,12H2,1-2H3/t7-,8?,9-/m0/s1. The van der Waals surface area contributed by atoms with Gasteiger partial charge in [-0.15, -0.1) is 0 Å². The van der Waals surface area contributed by atoms with Gasteiger partial charge in [-0.05, 0) is 18.8 Å². The highest BCUT2D eigenvalue weighted by Gasteiger charge is 2.26. The van der Waals surface area contributed by atoms with E-state index >= 15 is 0 Å². The Labute approximate surface area is 95.3 Å². The summed E-state index contributed by atoms with van der Waals surface area (Å²) in [7, 11) is 0. The Morgan fingerprint density at radius 1 is 1.56 bits per heavy atom. The van der Waals surface area contributed by atoms with E-state index in [1.165, 1.54) is 0 Å². The fourth-order valence-electron chi connectivity index (χ4n) is 1.79. The Hall–Kier alpha value is -0.940. The van der Waals surface area contributed by atoms with Crippen LogP contribution >= 0.6 is 0 Å². The lowest BCUT2D eigenvalue weighted by Crippen LogP contribution is -2.19. The van der Waals surface area contributed by atoms with Crippen LogP contribution in [0.2, 0.25) is 0 Å². The van der Waals surface area contributed by atoms with Crippen LogP contribution in [-0.4, -0.2) is 16.7 Å². The van der Waals surface area contributed by atoms with Crippen LogP contribution in [0.4, 0.5) is 0 Å². The van der Waals surface area contributed by atoms with E-state index in [4.69, 9.17) is 15.0 Å². The van der Waals surface area contributed by atoms with Gasteiger partial charge in [0, 0.05) is 6.61 Å². The van der Waals surface area contributed by atoms with Crippen LogP contribution in [0.25, 0.3) is 0 Å². The second-order valence-corrected chi connectivity index (χ2v) is 4.40. The fourth-order valence-corrected chi connectivity index (χ4v) is 1.79.